The van der Waals surface area contributed by atoms with E-state index < -0.39 is 47.9 Å². The second kappa shape index (κ2) is 14.8. The van der Waals surface area contributed by atoms with Gasteiger partial charge in [-0.15, -0.1) is 0 Å². The van der Waals surface area contributed by atoms with E-state index in [1.807, 2.05) is 27.7 Å². The summed E-state index contributed by atoms with van der Waals surface area (Å²) in [7, 11) is 0. The van der Waals surface area contributed by atoms with Crippen LogP contribution in [0.1, 0.15) is 67.2 Å². The molecule has 4 unspecified atom stereocenters. The maximum atomic E-state index is 13.0. The van der Waals surface area contributed by atoms with E-state index >= 15 is 0 Å². The smallest absolute Gasteiger partial charge is 0.326 e. The molecule has 0 aromatic heterocycles. The Hall–Kier alpha value is -2.20. The summed E-state index contributed by atoms with van der Waals surface area (Å²) in [4.78, 5) is 49.8. The van der Waals surface area contributed by atoms with Crippen molar-refractivity contribution in [3.8, 4) is 0 Å². The molecule has 0 saturated heterocycles. The van der Waals surface area contributed by atoms with Crippen molar-refractivity contribution in [1.82, 2.24) is 16.0 Å². The molecule has 0 aliphatic rings. The molecular formula is C22H43N5O5. The molecule has 0 bridgehead atoms. The van der Waals surface area contributed by atoms with Gasteiger partial charge in [0.2, 0.25) is 17.7 Å². The molecule has 10 nitrogen and oxygen atoms in total. The van der Waals surface area contributed by atoms with Crippen molar-refractivity contribution in [3.05, 3.63) is 0 Å². The molecule has 0 heterocycles. The molecule has 0 aliphatic heterocycles. The van der Waals surface area contributed by atoms with Crippen LogP contribution in [-0.2, 0) is 19.2 Å². The van der Waals surface area contributed by atoms with E-state index in [0.717, 1.165) is 0 Å². The average Bonchev–Trinajstić information content (AvgIpc) is 2.68. The van der Waals surface area contributed by atoms with Gasteiger partial charge in [-0.2, -0.15) is 0 Å². The second-order valence-electron chi connectivity index (χ2n) is 9.37. The standard InChI is InChI=1S/C22H43N5O5/c1-12(2)11-16(20(29)27-18(14(5)6)22(31)32)26-19(28)15(9-7-8-10-23)25-21(30)17(24)13(3)4/h12-18H,7-11,23-24H2,1-6H3,(H,25,30)(H,26,28)(H,27,29)(H,31,32). The first-order valence-corrected chi connectivity index (χ1v) is 11.4. The van der Waals surface area contributed by atoms with E-state index in [2.05, 4.69) is 16.0 Å². The largest absolute Gasteiger partial charge is 0.480 e. The predicted molar refractivity (Wildman–Crippen MR) is 123 cm³/mol. The number of nitrogens with two attached hydrogens (primary N) is 2. The lowest BCUT2D eigenvalue weighted by atomic mass is 9.99. The third kappa shape index (κ3) is 10.9. The summed E-state index contributed by atoms with van der Waals surface area (Å²) in [6.45, 7) is 11.2. The Bertz CT molecular complexity index is 624. The monoisotopic (exact) mass is 457 g/mol. The van der Waals surface area contributed by atoms with Crippen LogP contribution >= 0.6 is 0 Å². The van der Waals surface area contributed by atoms with E-state index in [4.69, 9.17) is 11.5 Å². The molecule has 4 atom stereocenters. The second-order valence-corrected chi connectivity index (χ2v) is 9.37. The summed E-state index contributed by atoms with van der Waals surface area (Å²) in [5, 5.41) is 17.3. The van der Waals surface area contributed by atoms with Gasteiger partial charge in [-0.05, 0) is 50.0 Å². The Balaban J connectivity index is 5.50. The first-order chi connectivity index (χ1) is 14.8. The summed E-state index contributed by atoms with van der Waals surface area (Å²) in [5.41, 5.74) is 11.4. The quantitative estimate of drug-likeness (QED) is 0.192. The highest BCUT2D eigenvalue weighted by molar-refractivity contribution is 5.94. The van der Waals surface area contributed by atoms with E-state index in [0.29, 0.717) is 32.2 Å². The summed E-state index contributed by atoms with van der Waals surface area (Å²) < 4.78 is 0. The number of carboxylic acids is 1. The summed E-state index contributed by atoms with van der Waals surface area (Å²) in [6.07, 6.45) is 1.96. The van der Waals surface area contributed by atoms with Gasteiger partial charge in [-0.3, -0.25) is 14.4 Å². The highest BCUT2D eigenvalue weighted by Crippen LogP contribution is 2.10. The number of rotatable bonds is 15. The molecule has 186 valence electrons. The molecule has 8 N–H and O–H groups in total. The molecule has 0 aliphatic carbocycles. The highest BCUT2D eigenvalue weighted by atomic mass is 16.4. The van der Waals surface area contributed by atoms with Gasteiger partial charge in [0, 0.05) is 0 Å². The highest BCUT2D eigenvalue weighted by Gasteiger charge is 2.31. The number of hydrogen-bond donors (Lipinski definition) is 6. The van der Waals surface area contributed by atoms with Gasteiger partial charge in [0.1, 0.15) is 18.1 Å². The van der Waals surface area contributed by atoms with Crippen LogP contribution in [0, 0.1) is 17.8 Å². The Morgan fingerprint density at radius 3 is 1.75 bits per heavy atom. The molecule has 0 aromatic carbocycles. The van der Waals surface area contributed by atoms with Crippen LogP contribution < -0.4 is 27.4 Å². The van der Waals surface area contributed by atoms with Crippen molar-refractivity contribution in [2.24, 2.45) is 29.2 Å². The summed E-state index contributed by atoms with van der Waals surface area (Å²) in [5.74, 6) is -3.03. The van der Waals surface area contributed by atoms with Crippen molar-refractivity contribution < 1.29 is 24.3 Å². The minimum Gasteiger partial charge on any atom is -0.480 e. The van der Waals surface area contributed by atoms with Crippen LogP contribution in [0.25, 0.3) is 0 Å². The zero-order valence-corrected chi connectivity index (χ0v) is 20.3. The maximum Gasteiger partial charge on any atom is 0.326 e. The number of carbonyl (C=O) groups is 4. The fourth-order valence-electron chi connectivity index (χ4n) is 3.07. The topological polar surface area (TPSA) is 177 Å². The van der Waals surface area contributed by atoms with Crippen molar-refractivity contribution >= 4 is 23.7 Å². The number of amides is 3. The normalized spacial score (nSPS) is 15.2. The Morgan fingerprint density at radius 1 is 0.781 bits per heavy atom. The maximum absolute atomic E-state index is 13.0. The van der Waals surface area contributed by atoms with Crippen molar-refractivity contribution in [2.75, 3.05) is 6.54 Å². The third-order valence-electron chi connectivity index (χ3n) is 5.17. The number of carbonyl (C=O) groups excluding carboxylic acids is 3. The zero-order valence-electron chi connectivity index (χ0n) is 20.3. The van der Waals surface area contributed by atoms with Crippen molar-refractivity contribution in [3.63, 3.8) is 0 Å². The number of nitrogens with one attached hydrogen (secondary N) is 3. The molecule has 3 amide bonds. The number of hydrogen-bond acceptors (Lipinski definition) is 6. The van der Waals surface area contributed by atoms with E-state index in [-0.39, 0.29) is 17.8 Å². The molecule has 0 radical (unpaired) electrons. The molecule has 32 heavy (non-hydrogen) atoms. The van der Waals surface area contributed by atoms with Crippen LogP contribution in [0.15, 0.2) is 0 Å². The zero-order chi connectivity index (χ0) is 25.0. The van der Waals surface area contributed by atoms with Gasteiger partial charge in [0.05, 0.1) is 6.04 Å². The summed E-state index contributed by atoms with van der Waals surface area (Å²) >= 11 is 0. The van der Waals surface area contributed by atoms with Crippen LogP contribution in [0.2, 0.25) is 0 Å². The van der Waals surface area contributed by atoms with Crippen LogP contribution in [-0.4, -0.2) is 59.5 Å². The Kier molecular flexibility index (Phi) is 13.8. The summed E-state index contributed by atoms with van der Waals surface area (Å²) in [6, 6.07) is -3.65. The van der Waals surface area contributed by atoms with Gasteiger partial charge in [-0.25, -0.2) is 4.79 Å². The Labute approximate surface area is 191 Å². The SMILES string of the molecule is CC(C)CC(NC(=O)C(CCCCN)NC(=O)C(N)C(C)C)C(=O)NC(C(=O)O)C(C)C. The Morgan fingerprint density at radius 2 is 1.31 bits per heavy atom. The predicted octanol–water partition coefficient (Wildman–Crippen LogP) is 0.340. The van der Waals surface area contributed by atoms with Gasteiger partial charge >= 0.3 is 5.97 Å². The van der Waals surface area contributed by atoms with Crippen LogP contribution in [0.3, 0.4) is 0 Å². The molecule has 0 fully saturated rings. The van der Waals surface area contributed by atoms with Gasteiger partial charge < -0.3 is 32.5 Å². The molecular weight excluding hydrogens is 414 g/mol. The lowest BCUT2D eigenvalue weighted by molar-refractivity contribution is -0.143. The average molecular weight is 458 g/mol. The fraction of sp³-hybridized carbons (Fsp3) is 0.818. The van der Waals surface area contributed by atoms with Gasteiger partial charge in [0.15, 0.2) is 0 Å². The first-order valence-electron chi connectivity index (χ1n) is 11.4. The van der Waals surface area contributed by atoms with Gasteiger partial charge in [0.25, 0.3) is 0 Å². The number of unbranched alkanes of at least 4 members (excludes halogenated alkanes) is 1. The minimum atomic E-state index is -1.14. The number of aliphatic carboxylic acids is 1. The molecule has 0 aromatic rings. The van der Waals surface area contributed by atoms with E-state index in [1.165, 1.54) is 0 Å². The van der Waals surface area contributed by atoms with Crippen LogP contribution in [0.5, 0.6) is 0 Å². The van der Waals surface area contributed by atoms with Crippen LogP contribution in [0.4, 0.5) is 0 Å². The minimum absolute atomic E-state index is 0.0630. The van der Waals surface area contributed by atoms with E-state index in [1.54, 1.807) is 13.8 Å². The third-order valence-corrected chi connectivity index (χ3v) is 5.17. The van der Waals surface area contributed by atoms with Crippen molar-refractivity contribution in [2.45, 2.75) is 91.4 Å². The first kappa shape index (κ1) is 29.8. The molecule has 0 saturated carbocycles. The number of carboxylic acid groups (broad SMARTS) is 1. The lowest BCUT2D eigenvalue weighted by Crippen LogP contribution is -2.58. The molecule has 10 heteroatoms. The van der Waals surface area contributed by atoms with Crippen molar-refractivity contribution in [1.29, 1.82) is 0 Å². The van der Waals surface area contributed by atoms with Gasteiger partial charge in [-0.1, -0.05) is 41.5 Å². The fourth-order valence-corrected chi connectivity index (χ4v) is 3.07. The van der Waals surface area contributed by atoms with E-state index in [9.17, 15) is 24.3 Å². The lowest BCUT2D eigenvalue weighted by Gasteiger charge is -2.27. The molecule has 0 rings (SSSR count). The molecule has 0 spiro atoms.